The van der Waals surface area contributed by atoms with Crippen molar-refractivity contribution in [2.24, 2.45) is 0 Å². The molecule has 0 bridgehead atoms. The molecule has 0 saturated carbocycles. The second-order valence-electron chi connectivity index (χ2n) is 5.76. The number of rotatable bonds is 3. The monoisotopic (exact) mass is 294 g/mol. The standard InChI is InChI=1S/C16H23ClN2O/c1-12(8-14-9-15(17)4-5-16(14)20)10-19-7-6-18(3)13(2)11-19/h4-5,8-9,13,20H,6-7,10-11H2,1-3H3. The number of phenolic OH excluding ortho intramolecular Hbond substituents is 1. The highest BCUT2D eigenvalue weighted by Crippen LogP contribution is 2.24. The Morgan fingerprint density at radius 2 is 2.20 bits per heavy atom. The molecule has 110 valence electrons. The Hall–Kier alpha value is -1.03. The van der Waals surface area contributed by atoms with Gasteiger partial charge in [-0.15, -0.1) is 0 Å². The molecule has 1 aliphatic heterocycles. The zero-order chi connectivity index (χ0) is 14.7. The Bertz CT molecular complexity index is 501. The maximum atomic E-state index is 9.84. The Balaban J connectivity index is 2.02. The van der Waals surface area contributed by atoms with Crippen molar-refractivity contribution in [1.29, 1.82) is 0 Å². The van der Waals surface area contributed by atoms with Crippen molar-refractivity contribution in [3.63, 3.8) is 0 Å². The highest BCUT2D eigenvalue weighted by Gasteiger charge is 2.20. The highest BCUT2D eigenvalue weighted by molar-refractivity contribution is 6.30. The molecular formula is C16H23ClN2O. The van der Waals surface area contributed by atoms with Crippen LogP contribution in [0.25, 0.3) is 6.08 Å². The molecule has 1 aromatic carbocycles. The summed E-state index contributed by atoms with van der Waals surface area (Å²) in [6.45, 7) is 8.58. The number of benzene rings is 1. The van der Waals surface area contributed by atoms with E-state index in [0.717, 1.165) is 31.7 Å². The number of phenols is 1. The maximum Gasteiger partial charge on any atom is 0.122 e. The lowest BCUT2D eigenvalue weighted by Crippen LogP contribution is -2.50. The third-order valence-electron chi connectivity index (χ3n) is 3.91. The predicted molar refractivity (Wildman–Crippen MR) is 85.3 cm³/mol. The first kappa shape index (κ1) is 15.4. The van der Waals surface area contributed by atoms with Gasteiger partial charge in [0.1, 0.15) is 5.75 Å². The molecule has 1 fully saturated rings. The second-order valence-corrected chi connectivity index (χ2v) is 6.20. The van der Waals surface area contributed by atoms with Crippen LogP contribution in [0.15, 0.2) is 23.8 Å². The molecule has 0 aromatic heterocycles. The molecule has 1 saturated heterocycles. The predicted octanol–water partition coefficient (Wildman–Crippen LogP) is 3.08. The lowest BCUT2D eigenvalue weighted by Gasteiger charge is -2.37. The van der Waals surface area contributed by atoms with Gasteiger partial charge < -0.3 is 10.0 Å². The van der Waals surface area contributed by atoms with Crippen LogP contribution in [-0.4, -0.2) is 54.2 Å². The number of halogens is 1. The SMILES string of the molecule is CC(=Cc1cc(Cl)ccc1O)CN1CCN(C)C(C)C1. The highest BCUT2D eigenvalue weighted by atomic mass is 35.5. The molecule has 1 atom stereocenters. The van der Waals surface area contributed by atoms with Crippen molar-refractivity contribution in [3.05, 3.63) is 34.4 Å². The third kappa shape index (κ3) is 3.98. The molecule has 4 heteroatoms. The van der Waals surface area contributed by atoms with Crippen LogP contribution in [0, 0.1) is 0 Å². The number of hydrogen-bond acceptors (Lipinski definition) is 3. The van der Waals surface area contributed by atoms with Crippen molar-refractivity contribution < 1.29 is 5.11 Å². The summed E-state index contributed by atoms with van der Waals surface area (Å²) in [5.41, 5.74) is 2.02. The molecule has 1 aromatic rings. The van der Waals surface area contributed by atoms with Crippen molar-refractivity contribution in [2.45, 2.75) is 19.9 Å². The summed E-state index contributed by atoms with van der Waals surface area (Å²) in [5.74, 6) is 0.278. The molecule has 3 nitrogen and oxygen atoms in total. The first-order valence-electron chi connectivity index (χ1n) is 7.04. The smallest absolute Gasteiger partial charge is 0.122 e. The molecular weight excluding hydrogens is 272 g/mol. The number of nitrogens with zero attached hydrogens (tertiary/aromatic N) is 2. The molecule has 20 heavy (non-hydrogen) atoms. The van der Waals surface area contributed by atoms with E-state index in [4.69, 9.17) is 11.6 Å². The molecule has 1 unspecified atom stereocenters. The molecule has 0 spiro atoms. The molecule has 0 radical (unpaired) electrons. The number of hydrogen-bond donors (Lipinski definition) is 1. The minimum absolute atomic E-state index is 0.278. The van der Waals surface area contributed by atoms with Crippen LogP contribution in [0.1, 0.15) is 19.4 Å². The van der Waals surface area contributed by atoms with Gasteiger partial charge in [-0.2, -0.15) is 0 Å². The quantitative estimate of drug-likeness (QED) is 0.928. The Kier molecular flexibility index (Phi) is 5.08. The zero-order valence-electron chi connectivity index (χ0n) is 12.4. The van der Waals surface area contributed by atoms with Gasteiger partial charge >= 0.3 is 0 Å². The van der Waals surface area contributed by atoms with Crippen molar-refractivity contribution in [1.82, 2.24) is 9.80 Å². The fourth-order valence-corrected chi connectivity index (χ4v) is 2.75. The summed E-state index contributed by atoms with van der Waals surface area (Å²) in [4.78, 5) is 4.84. The van der Waals surface area contributed by atoms with Gasteiger partial charge in [0.25, 0.3) is 0 Å². The van der Waals surface area contributed by atoms with Gasteiger partial charge in [-0.3, -0.25) is 4.90 Å². The summed E-state index contributed by atoms with van der Waals surface area (Å²) in [7, 11) is 2.18. The van der Waals surface area contributed by atoms with Gasteiger partial charge in [-0.1, -0.05) is 23.3 Å². The van der Waals surface area contributed by atoms with Crippen molar-refractivity contribution in [2.75, 3.05) is 33.2 Å². The lowest BCUT2D eigenvalue weighted by molar-refractivity contribution is 0.113. The van der Waals surface area contributed by atoms with Crippen LogP contribution < -0.4 is 0 Å². The van der Waals surface area contributed by atoms with Crippen LogP contribution in [0.5, 0.6) is 5.75 Å². The van der Waals surface area contributed by atoms with Gasteiger partial charge in [0.2, 0.25) is 0 Å². The minimum atomic E-state index is 0.278. The zero-order valence-corrected chi connectivity index (χ0v) is 13.2. The molecule has 1 aliphatic rings. The summed E-state index contributed by atoms with van der Waals surface area (Å²) in [6.07, 6.45) is 2.02. The first-order chi connectivity index (χ1) is 9.45. The van der Waals surface area contributed by atoms with E-state index in [9.17, 15) is 5.11 Å². The second kappa shape index (κ2) is 6.61. The van der Waals surface area contributed by atoms with E-state index in [0.29, 0.717) is 11.1 Å². The Morgan fingerprint density at radius 1 is 1.45 bits per heavy atom. The van der Waals surface area contributed by atoms with Gasteiger partial charge in [-0.25, -0.2) is 0 Å². The van der Waals surface area contributed by atoms with E-state index < -0.39 is 0 Å². The van der Waals surface area contributed by atoms with Crippen LogP contribution >= 0.6 is 11.6 Å². The fourth-order valence-electron chi connectivity index (χ4n) is 2.57. The molecule has 1 N–H and O–H groups in total. The van der Waals surface area contributed by atoms with Crippen LogP contribution in [0.2, 0.25) is 5.02 Å². The number of aromatic hydroxyl groups is 1. The number of piperazine rings is 1. The van der Waals surface area contributed by atoms with Gasteiger partial charge in [0.15, 0.2) is 0 Å². The van der Waals surface area contributed by atoms with Crippen molar-refractivity contribution >= 4 is 17.7 Å². The average Bonchev–Trinajstić information content (AvgIpc) is 2.38. The first-order valence-corrected chi connectivity index (χ1v) is 7.42. The minimum Gasteiger partial charge on any atom is -0.507 e. The summed E-state index contributed by atoms with van der Waals surface area (Å²) in [5, 5.41) is 10.5. The topological polar surface area (TPSA) is 26.7 Å². The number of likely N-dealkylation sites (N-methyl/N-ethyl adjacent to an activating group) is 1. The summed E-state index contributed by atoms with van der Waals surface area (Å²) in [6, 6.07) is 5.73. The molecule has 2 rings (SSSR count). The van der Waals surface area contributed by atoms with E-state index in [2.05, 4.69) is 30.7 Å². The van der Waals surface area contributed by atoms with Gasteiger partial charge in [0.05, 0.1) is 0 Å². The Labute approximate surface area is 126 Å². The van der Waals surface area contributed by atoms with E-state index in [1.165, 1.54) is 5.57 Å². The van der Waals surface area contributed by atoms with Crippen LogP contribution in [-0.2, 0) is 0 Å². The van der Waals surface area contributed by atoms with Gasteiger partial charge in [0, 0.05) is 42.8 Å². The largest absolute Gasteiger partial charge is 0.507 e. The average molecular weight is 295 g/mol. The van der Waals surface area contributed by atoms with Crippen LogP contribution in [0.4, 0.5) is 0 Å². The normalized spacial score (nSPS) is 22.2. The summed E-state index contributed by atoms with van der Waals surface area (Å²) < 4.78 is 0. The summed E-state index contributed by atoms with van der Waals surface area (Å²) >= 11 is 5.97. The van der Waals surface area contributed by atoms with Crippen LogP contribution in [0.3, 0.4) is 0 Å². The van der Waals surface area contributed by atoms with E-state index in [-0.39, 0.29) is 5.75 Å². The van der Waals surface area contributed by atoms with E-state index in [1.54, 1.807) is 18.2 Å². The maximum absolute atomic E-state index is 9.84. The third-order valence-corrected chi connectivity index (χ3v) is 4.14. The van der Waals surface area contributed by atoms with E-state index >= 15 is 0 Å². The lowest BCUT2D eigenvalue weighted by atomic mass is 10.1. The van der Waals surface area contributed by atoms with Crippen molar-refractivity contribution in [3.8, 4) is 5.75 Å². The van der Waals surface area contributed by atoms with E-state index in [1.807, 2.05) is 6.08 Å². The molecule has 0 aliphatic carbocycles. The molecule has 1 heterocycles. The Morgan fingerprint density at radius 3 is 2.90 bits per heavy atom. The fraction of sp³-hybridized carbons (Fsp3) is 0.500. The molecule has 0 amide bonds. The van der Waals surface area contributed by atoms with Gasteiger partial charge in [-0.05, 0) is 39.1 Å².